The van der Waals surface area contributed by atoms with Crippen LogP contribution < -0.4 is 78.3 Å². The SMILES string of the molecule is CNC(=O)C1NC(=O)C2NC(=O)[C@H](CC(N)=O)NC(=O)C(NC(=O)C(CC(C)C)NC)C(O)c3ccc(c(Cl)c3)Oc3cc2cc(c3OC2OC(CN=[N+]=[N-])C(O)C(O)C2OC2CC(C)(Nc3cccc(OCc4ccc(Cl)c(Cl)c4)c3)C(O)C(C)O2)Oc2ccc(cc2Cl)C(O)CC(=O)N[C@H](C(=O)NCCCCN)c2cc(O)cc(O)c2-c2cc1ccc2O. The third-order valence-corrected chi connectivity index (χ3v) is 22.6. The maximum absolute atomic E-state index is 16.3. The molecule has 15 unspecified atom stereocenters. The highest BCUT2D eigenvalue weighted by Gasteiger charge is 2.52. The van der Waals surface area contributed by atoms with E-state index >= 15 is 14.4 Å². The van der Waals surface area contributed by atoms with Gasteiger partial charge < -0.3 is 133 Å². The first-order chi connectivity index (χ1) is 59.5. The van der Waals surface area contributed by atoms with Gasteiger partial charge >= 0.3 is 0 Å². The number of anilines is 1. The average Bonchev–Trinajstić information content (AvgIpc) is 0.766. The van der Waals surface area contributed by atoms with E-state index in [1.807, 2.05) is 13.8 Å². The molecule has 7 aromatic carbocycles. The van der Waals surface area contributed by atoms with E-state index in [4.69, 9.17) is 91.0 Å². The topological polar surface area (TPSA) is 572 Å². The van der Waals surface area contributed by atoms with Crippen molar-refractivity contribution in [2.75, 3.05) is 39.0 Å². The van der Waals surface area contributed by atoms with Crippen molar-refractivity contribution in [1.82, 2.24) is 42.5 Å². The quantitative estimate of drug-likeness (QED) is 0.0127. The number of nitrogens with zero attached hydrogens (tertiary/aromatic N) is 3. The lowest BCUT2D eigenvalue weighted by Crippen LogP contribution is -2.64. The maximum Gasteiger partial charge on any atom is 0.248 e. The monoisotopic (exact) mass is 1810 g/mol. The molecule has 13 rings (SSSR count). The third kappa shape index (κ3) is 22.9. The number of ether oxygens (including phenoxy) is 7. The summed E-state index contributed by atoms with van der Waals surface area (Å²) in [5, 5.41) is 124. The second-order valence-electron chi connectivity index (χ2n) is 31.0. The van der Waals surface area contributed by atoms with Crippen LogP contribution in [0.15, 0.2) is 126 Å². The van der Waals surface area contributed by atoms with Crippen LogP contribution >= 0.6 is 46.4 Å². The number of aliphatic hydroxyl groups is 5. The van der Waals surface area contributed by atoms with E-state index in [0.29, 0.717) is 39.9 Å². The van der Waals surface area contributed by atoms with Crippen molar-refractivity contribution in [2.45, 2.75) is 176 Å². The van der Waals surface area contributed by atoms with Crippen LogP contribution in [-0.4, -0.2) is 195 Å². The zero-order valence-corrected chi connectivity index (χ0v) is 71.2. The number of unbranched alkanes of at least 4 members (excludes halogenated alkanes) is 1. The summed E-state index contributed by atoms with van der Waals surface area (Å²) in [6, 6.07) is 14.8. The summed E-state index contributed by atoms with van der Waals surface area (Å²) in [6.07, 6.45) is -18.8. The highest BCUT2D eigenvalue weighted by molar-refractivity contribution is 6.42. The number of rotatable bonds is 24. The van der Waals surface area contributed by atoms with Gasteiger partial charge in [-0.2, -0.15) is 0 Å². The predicted molar refractivity (Wildman–Crippen MR) is 453 cm³/mol. The van der Waals surface area contributed by atoms with E-state index in [1.54, 1.807) is 49.4 Å². The Kier molecular flexibility index (Phi) is 31.5. The first-order valence-electron chi connectivity index (χ1n) is 39.7. The number of nitrogens with one attached hydrogen (secondary N) is 9. The second kappa shape index (κ2) is 41.7. The fourth-order valence-electron chi connectivity index (χ4n) is 14.8. The molecule has 21 N–H and O–H groups in total. The van der Waals surface area contributed by atoms with E-state index in [0.717, 1.165) is 54.6 Å². The Balaban J connectivity index is 1.12. The number of aliphatic hydroxyl groups excluding tert-OH is 5. The van der Waals surface area contributed by atoms with E-state index in [-0.39, 0.29) is 82.3 Å². The summed E-state index contributed by atoms with van der Waals surface area (Å²) in [5.74, 6) is -13.7. The van der Waals surface area contributed by atoms with E-state index in [1.165, 1.54) is 45.3 Å². The molecular weight excluding hydrogens is 1710 g/mol. The minimum atomic E-state index is -2.33. The number of amides is 8. The Labute approximate surface area is 735 Å². The van der Waals surface area contributed by atoms with Crippen molar-refractivity contribution in [3.05, 3.63) is 185 Å². The lowest BCUT2D eigenvalue weighted by molar-refractivity contribution is -0.329. The molecule has 2 fully saturated rings. The minimum absolute atomic E-state index is 0.0158. The van der Waals surface area contributed by atoms with Crippen molar-refractivity contribution in [3.63, 3.8) is 0 Å². The Morgan fingerprint density at radius 3 is 2.07 bits per heavy atom. The zero-order chi connectivity index (χ0) is 90.6. The van der Waals surface area contributed by atoms with Gasteiger partial charge in [-0.3, -0.25) is 38.4 Å². The molecule has 41 heteroatoms. The molecule has 2 saturated heterocycles. The minimum Gasteiger partial charge on any atom is -0.508 e. The largest absolute Gasteiger partial charge is 0.508 e. The molecular formula is C84H96Cl4N14O23. The molecule has 0 saturated carbocycles. The summed E-state index contributed by atoms with van der Waals surface area (Å²) in [5.41, 5.74) is 18.9. The fourth-order valence-corrected chi connectivity index (χ4v) is 15.6. The van der Waals surface area contributed by atoms with Crippen molar-refractivity contribution in [2.24, 2.45) is 22.5 Å². The number of carbonyl (C=O) groups is 8. The molecule has 125 heavy (non-hydrogen) atoms. The smallest absolute Gasteiger partial charge is 0.248 e. The van der Waals surface area contributed by atoms with Crippen molar-refractivity contribution >= 4 is 99.3 Å². The Bertz CT molecular complexity index is 5230. The van der Waals surface area contributed by atoms with Crippen LogP contribution in [0.1, 0.15) is 130 Å². The zero-order valence-electron chi connectivity index (χ0n) is 68.1. The van der Waals surface area contributed by atoms with E-state index in [9.17, 15) is 70.4 Å². The predicted octanol–water partition coefficient (Wildman–Crippen LogP) is 6.87. The van der Waals surface area contributed by atoms with Gasteiger partial charge in [0.25, 0.3) is 0 Å². The molecule has 668 valence electrons. The van der Waals surface area contributed by atoms with Gasteiger partial charge in [-0.05, 0) is 170 Å². The Morgan fingerprint density at radius 1 is 0.720 bits per heavy atom. The number of carbonyl (C=O) groups excluding carboxylic acids is 8. The molecule has 6 aliphatic heterocycles. The van der Waals surface area contributed by atoms with Crippen molar-refractivity contribution < 1.29 is 112 Å². The first-order valence-corrected chi connectivity index (χ1v) is 41.2. The van der Waals surface area contributed by atoms with Crippen LogP contribution in [0.2, 0.25) is 20.1 Å². The van der Waals surface area contributed by atoms with Gasteiger partial charge in [0.15, 0.2) is 23.9 Å². The van der Waals surface area contributed by atoms with Crippen LogP contribution in [-0.2, 0) is 59.2 Å². The van der Waals surface area contributed by atoms with E-state index in [2.05, 4.69) is 57.9 Å². The Morgan fingerprint density at radius 2 is 1.42 bits per heavy atom. The number of azide groups is 1. The van der Waals surface area contributed by atoms with Crippen LogP contribution in [0.4, 0.5) is 5.69 Å². The number of benzene rings is 7. The lowest BCUT2D eigenvalue weighted by Gasteiger charge is -2.48. The fraction of sp³-hybridized carbons (Fsp3) is 0.405. The van der Waals surface area contributed by atoms with Crippen molar-refractivity contribution in [1.29, 1.82) is 0 Å². The van der Waals surface area contributed by atoms with Gasteiger partial charge in [0.2, 0.25) is 59.3 Å². The number of hydrogen-bond acceptors (Lipinski definition) is 27. The normalized spacial score (nSPS) is 24.9. The molecule has 8 amide bonds. The number of likely N-dealkylation sites (N-methyl/N-ethyl adjacent to an activating group) is 2. The number of phenolic OH excluding ortho intramolecular Hbond substituents is 3. The molecule has 0 radical (unpaired) electrons. The highest BCUT2D eigenvalue weighted by Crippen LogP contribution is 2.50. The maximum atomic E-state index is 16.3. The van der Waals surface area contributed by atoms with Crippen LogP contribution in [0.3, 0.4) is 0 Å². The van der Waals surface area contributed by atoms with Gasteiger partial charge in [0.05, 0.1) is 69.4 Å². The number of nitrogens with two attached hydrogens (primary N) is 2. The number of fused-ring (bicyclic) bond motifs is 16. The molecule has 0 aromatic heterocycles. The summed E-state index contributed by atoms with van der Waals surface area (Å²) < 4.78 is 46.2. The Hall–Kier alpha value is -11.2. The average molecular weight is 1810 g/mol. The molecule has 7 aromatic rings. The van der Waals surface area contributed by atoms with Gasteiger partial charge in [0.1, 0.15) is 95.7 Å². The molecule has 0 aliphatic carbocycles. The second-order valence-corrected chi connectivity index (χ2v) is 32.6. The molecule has 37 nitrogen and oxygen atoms in total. The number of halogens is 4. The molecule has 6 aliphatic rings. The van der Waals surface area contributed by atoms with Gasteiger partial charge in [0, 0.05) is 53.9 Å². The third-order valence-electron chi connectivity index (χ3n) is 21.3. The lowest BCUT2D eigenvalue weighted by atomic mass is 9.84. The number of hydrogen-bond donors (Lipinski definition) is 19. The number of phenols is 3. The van der Waals surface area contributed by atoms with Crippen LogP contribution in [0.5, 0.6) is 51.7 Å². The standard InChI is InChI=1S/C84H96Cl4N14O23/c1-37(2)22-53(92-5)77(113)100-70-71(109)42-15-19-59(52(88)26-42)122-61-28-43-27-60(74(61)125-83-75(73(111)72(110)62(123-83)35-95-102-91)124-65-34-84(4,76(112)38(3)120-65)101-44-10-9-11-46(29-44)119-36-39-12-16-49(85)50(86)23-39)121-58-18-14-40(25-51(58)87)56(105)33-64(108)97-69(80(116)94-21-8-7-20-89)48-30-45(103)31-57(106)66(48)47-24-41(13-17-55(47)104)67(79(115)93-6)99-81(117)68(43)98-78(114)54(32-63(90)107)96-82(70)118/h9-19,23-31,37-38,53-54,56,62,65,67-73,75-76,83,92,101,103-106,109-112H,7-8,20-22,32-36,89H2,1-6H3,(H2,90,107)(H,93,115)(H,94,116)(H,96,118)(H,97,108)(H,98,114)(H,99,117)(H,100,113)/t38?,53?,54-,56?,62?,65?,67?,68?,69-,70?,71?,72?,73?,75?,76?,83?,84?/m0/s1. The van der Waals surface area contributed by atoms with E-state index < -0.39 is 221 Å². The summed E-state index contributed by atoms with van der Waals surface area (Å²) in [7, 11) is 2.65. The van der Waals surface area contributed by atoms with Gasteiger partial charge in [-0.25, -0.2) is 0 Å². The number of aromatic hydroxyl groups is 3. The first kappa shape index (κ1) is 94.4. The molecule has 9 bridgehead atoms. The summed E-state index contributed by atoms with van der Waals surface area (Å²) in [6.45, 7) is 6.46. The van der Waals surface area contributed by atoms with Crippen LogP contribution in [0, 0.1) is 5.92 Å². The van der Waals surface area contributed by atoms with Gasteiger partial charge in [-0.1, -0.05) is 95.7 Å². The summed E-state index contributed by atoms with van der Waals surface area (Å²) >= 11 is 26.9. The summed E-state index contributed by atoms with van der Waals surface area (Å²) in [4.78, 5) is 121. The van der Waals surface area contributed by atoms with Crippen LogP contribution in [0.25, 0.3) is 21.6 Å². The van der Waals surface area contributed by atoms with Gasteiger partial charge in [-0.15, -0.1) is 0 Å². The molecule has 0 spiro atoms. The molecule has 6 heterocycles. The number of primary amides is 1. The molecule has 17 atom stereocenters. The highest BCUT2D eigenvalue weighted by atomic mass is 35.5. The van der Waals surface area contributed by atoms with Crippen molar-refractivity contribution in [3.8, 4) is 62.9 Å².